The summed E-state index contributed by atoms with van der Waals surface area (Å²) < 4.78 is 5.21. The molecule has 0 bridgehead atoms. The van der Waals surface area contributed by atoms with Gasteiger partial charge in [0.25, 0.3) is 5.56 Å². The van der Waals surface area contributed by atoms with Crippen LogP contribution in [-0.4, -0.2) is 33.5 Å². The maximum atomic E-state index is 12.7. The Morgan fingerprint density at radius 1 is 1.44 bits per heavy atom. The fraction of sp³-hybridized carbons (Fsp3) is 0.333. The van der Waals surface area contributed by atoms with Crippen molar-refractivity contribution in [2.24, 2.45) is 5.92 Å². The van der Waals surface area contributed by atoms with Crippen molar-refractivity contribution in [3.05, 3.63) is 69.1 Å². The Morgan fingerprint density at radius 3 is 2.76 bits per heavy atom. The van der Waals surface area contributed by atoms with Gasteiger partial charge in [-0.1, -0.05) is 36.4 Å². The number of rotatable bonds is 4. The molecule has 2 aromatic rings. The van der Waals surface area contributed by atoms with Gasteiger partial charge in [-0.2, -0.15) is 0 Å². The van der Waals surface area contributed by atoms with Gasteiger partial charge >= 0.3 is 5.97 Å². The highest BCUT2D eigenvalue weighted by molar-refractivity contribution is 6.30. The molecule has 1 heterocycles. The molecule has 0 amide bonds. The van der Waals surface area contributed by atoms with E-state index in [9.17, 15) is 14.7 Å². The van der Waals surface area contributed by atoms with Gasteiger partial charge in [0, 0.05) is 28.6 Å². The summed E-state index contributed by atoms with van der Waals surface area (Å²) in [5.41, 5.74) is 0.0288. The number of hydrogen-bond donors (Lipinski definition) is 3. The normalized spacial score (nSPS) is 25.2. The van der Waals surface area contributed by atoms with Crippen LogP contribution in [0.5, 0.6) is 0 Å². The standard InChI is InChI=1S/C18H19ClN2O4/c1-3-8-25-17(23)15-13(10-4-6-11(19)7-5-10)14-12(9-18(15,2)24)20-21-16(14)22/h3-7,13,15,24H,1,8-9H2,2H3,(H2,20,21,22)/t13-,15+,18-/m0/s1. The van der Waals surface area contributed by atoms with E-state index in [1.807, 2.05) is 0 Å². The van der Waals surface area contributed by atoms with Gasteiger partial charge in [0.1, 0.15) is 6.61 Å². The molecular weight excluding hydrogens is 344 g/mol. The average molecular weight is 363 g/mol. The second kappa shape index (κ2) is 6.54. The van der Waals surface area contributed by atoms with Gasteiger partial charge in [-0.3, -0.25) is 14.7 Å². The van der Waals surface area contributed by atoms with Crippen LogP contribution in [0.15, 0.2) is 41.7 Å². The molecule has 1 aromatic carbocycles. The summed E-state index contributed by atoms with van der Waals surface area (Å²) in [7, 11) is 0. The first-order chi connectivity index (χ1) is 11.8. The van der Waals surface area contributed by atoms with Crippen LogP contribution in [-0.2, 0) is 16.0 Å². The molecular formula is C18H19ClN2O4. The molecule has 1 aromatic heterocycles. The molecule has 6 nitrogen and oxygen atoms in total. The summed E-state index contributed by atoms with van der Waals surface area (Å²) in [5, 5.41) is 16.8. The van der Waals surface area contributed by atoms with Gasteiger partial charge in [0.2, 0.25) is 0 Å². The zero-order valence-electron chi connectivity index (χ0n) is 13.7. The van der Waals surface area contributed by atoms with Gasteiger partial charge in [-0.25, -0.2) is 0 Å². The summed E-state index contributed by atoms with van der Waals surface area (Å²) in [6, 6.07) is 6.87. The summed E-state index contributed by atoms with van der Waals surface area (Å²) in [4.78, 5) is 25.0. The Labute approximate surface area is 149 Å². The van der Waals surface area contributed by atoms with E-state index >= 15 is 0 Å². The van der Waals surface area contributed by atoms with Gasteiger partial charge in [-0.15, -0.1) is 0 Å². The molecule has 0 fully saturated rings. The topological polar surface area (TPSA) is 95.2 Å². The van der Waals surface area contributed by atoms with Crippen molar-refractivity contribution in [1.82, 2.24) is 10.2 Å². The highest BCUT2D eigenvalue weighted by Gasteiger charge is 2.51. The molecule has 0 saturated carbocycles. The van der Waals surface area contributed by atoms with E-state index in [1.54, 1.807) is 31.2 Å². The number of benzene rings is 1. The number of aliphatic hydroxyl groups is 1. The monoisotopic (exact) mass is 362 g/mol. The van der Waals surface area contributed by atoms with Crippen molar-refractivity contribution in [2.75, 3.05) is 6.61 Å². The summed E-state index contributed by atoms with van der Waals surface area (Å²) in [5.74, 6) is -2.16. The first-order valence-electron chi connectivity index (χ1n) is 7.90. The van der Waals surface area contributed by atoms with Crippen LogP contribution >= 0.6 is 11.6 Å². The zero-order chi connectivity index (χ0) is 18.2. The van der Waals surface area contributed by atoms with Crippen LogP contribution in [0.2, 0.25) is 5.02 Å². The Kier molecular flexibility index (Phi) is 4.58. The van der Waals surface area contributed by atoms with Crippen LogP contribution in [0.25, 0.3) is 0 Å². The number of carbonyl (C=O) groups excluding carboxylic acids is 1. The van der Waals surface area contributed by atoms with Crippen molar-refractivity contribution < 1.29 is 14.6 Å². The second-order valence-electron chi connectivity index (χ2n) is 6.43. The summed E-state index contributed by atoms with van der Waals surface area (Å²) in [6.45, 7) is 5.14. The second-order valence-corrected chi connectivity index (χ2v) is 6.87. The first-order valence-corrected chi connectivity index (χ1v) is 8.27. The number of nitrogens with one attached hydrogen (secondary N) is 2. The van der Waals surface area contributed by atoms with Crippen molar-refractivity contribution in [3.63, 3.8) is 0 Å². The quantitative estimate of drug-likeness (QED) is 0.573. The number of esters is 1. The van der Waals surface area contributed by atoms with Crippen LogP contribution in [0, 0.1) is 5.92 Å². The van der Waals surface area contributed by atoms with Gasteiger partial charge < -0.3 is 14.9 Å². The number of hydrogen-bond acceptors (Lipinski definition) is 4. The molecule has 1 aliphatic carbocycles. The lowest BCUT2D eigenvalue weighted by Crippen LogP contribution is -2.50. The van der Waals surface area contributed by atoms with Crippen molar-refractivity contribution in [1.29, 1.82) is 0 Å². The average Bonchev–Trinajstić information content (AvgIpc) is 2.91. The number of aromatic nitrogens is 2. The van der Waals surface area contributed by atoms with Gasteiger partial charge in [0.05, 0.1) is 11.5 Å². The molecule has 3 atom stereocenters. The van der Waals surface area contributed by atoms with E-state index < -0.39 is 23.4 Å². The third-order valence-electron chi connectivity index (χ3n) is 4.57. The molecule has 0 saturated heterocycles. The third-order valence-corrected chi connectivity index (χ3v) is 4.82. The van der Waals surface area contributed by atoms with E-state index in [1.165, 1.54) is 6.08 Å². The van der Waals surface area contributed by atoms with Crippen molar-refractivity contribution in [2.45, 2.75) is 24.9 Å². The molecule has 3 N–H and O–H groups in total. The number of halogens is 1. The fourth-order valence-electron chi connectivity index (χ4n) is 3.52. The lowest BCUT2D eigenvalue weighted by atomic mass is 9.66. The lowest BCUT2D eigenvalue weighted by molar-refractivity contribution is -0.158. The maximum Gasteiger partial charge on any atom is 0.313 e. The van der Waals surface area contributed by atoms with Crippen molar-refractivity contribution >= 4 is 17.6 Å². The molecule has 25 heavy (non-hydrogen) atoms. The van der Waals surface area contributed by atoms with E-state index in [4.69, 9.17) is 16.3 Å². The SMILES string of the molecule is C=CCOC(=O)[C@H]1[C@@H](c2ccc(Cl)cc2)c2c([nH][nH]c2=O)C[C@]1(C)O. The minimum atomic E-state index is -1.39. The van der Waals surface area contributed by atoms with Crippen LogP contribution in [0.4, 0.5) is 0 Å². The minimum absolute atomic E-state index is 0.0368. The van der Waals surface area contributed by atoms with Gasteiger partial charge in [-0.05, 0) is 24.6 Å². The smallest absolute Gasteiger partial charge is 0.313 e. The minimum Gasteiger partial charge on any atom is -0.461 e. The van der Waals surface area contributed by atoms with Crippen molar-refractivity contribution in [3.8, 4) is 0 Å². The van der Waals surface area contributed by atoms with Gasteiger partial charge in [0.15, 0.2) is 0 Å². The highest BCUT2D eigenvalue weighted by Crippen LogP contribution is 2.44. The zero-order valence-corrected chi connectivity index (χ0v) is 14.5. The number of H-pyrrole nitrogens is 2. The molecule has 0 aliphatic heterocycles. The lowest BCUT2D eigenvalue weighted by Gasteiger charge is -2.40. The summed E-state index contributed by atoms with van der Waals surface area (Å²) in [6.07, 6.45) is 1.60. The van der Waals surface area contributed by atoms with E-state index in [2.05, 4.69) is 16.8 Å². The largest absolute Gasteiger partial charge is 0.461 e. The Morgan fingerprint density at radius 2 is 2.12 bits per heavy atom. The number of ether oxygens (including phenoxy) is 1. The molecule has 1 aliphatic rings. The fourth-order valence-corrected chi connectivity index (χ4v) is 3.64. The Hall–Kier alpha value is -2.31. The van der Waals surface area contributed by atoms with Crippen LogP contribution < -0.4 is 5.56 Å². The van der Waals surface area contributed by atoms with Crippen LogP contribution in [0.1, 0.15) is 29.7 Å². The summed E-state index contributed by atoms with van der Waals surface area (Å²) >= 11 is 5.96. The van der Waals surface area contributed by atoms with E-state index in [0.29, 0.717) is 21.8 Å². The number of fused-ring (bicyclic) bond motifs is 1. The predicted molar refractivity (Wildman–Crippen MR) is 93.7 cm³/mol. The number of aromatic amines is 2. The highest BCUT2D eigenvalue weighted by atomic mass is 35.5. The molecule has 0 spiro atoms. The molecule has 7 heteroatoms. The number of carbonyl (C=O) groups is 1. The predicted octanol–water partition coefficient (Wildman–Crippen LogP) is 2.14. The van der Waals surface area contributed by atoms with Crippen LogP contribution in [0.3, 0.4) is 0 Å². The Bertz CT molecular complexity index is 851. The molecule has 3 rings (SSSR count). The first kappa shape index (κ1) is 17.5. The third kappa shape index (κ3) is 3.15. The maximum absolute atomic E-state index is 12.7. The van der Waals surface area contributed by atoms with E-state index in [-0.39, 0.29) is 18.6 Å². The Balaban J connectivity index is 2.16. The molecule has 0 radical (unpaired) electrons. The molecule has 132 valence electrons. The molecule has 0 unspecified atom stereocenters. The van der Waals surface area contributed by atoms with E-state index in [0.717, 1.165) is 0 Å².